The molecule has 0 bridgehead atoms. The van der Waals surface area contributed by atoms with Gasteiger partial charge >= 0.3 is 5.97 Å². The molecule has 2 N–H and O–H groups in total. The van der Waals surface area contributed by atoms with E-state index in [1.165, 1.54) is 0 Å². The Kier molecular flexibility index (Phi) is 2.93. The van der Waals surface area contributed by atoms with Crippen LogP contribution < -0.4 is 0 Å². The highest BCUT2D eigenvalue weighted by Gasteiger charge is 2.44. The van der Waals surface area contributed by atoms with Crippen molar-refractivity contribution in [3.63, 3.8) is 0 Å². The zero-order valence-electron chi connectivity index (χ0n) is 8.74. The highest BCUT2D eigenvalue weighted by Crippen LogP contribution is 2.45. The van der Waals surface area contributed by atoms with E-state index < -0.39 is 11.4 Å². The maximum atomic E-state index is 11.4. The summed E-state index contributed by atoms with van der Waals surface area (Å²) in [6.07, 6.45) is 3.03. The molecular weight excluding hydrogens is 272 g/mol. The van der Waals surface area contributed by atoms with E-state index in [4.69, 9.17) is 0 Å². The standard InChI is InChI=1S/C12H13BrO3/c13-8-3-4-9(10(14)7-8)12(11(15)16)5-1-2-6-12/h3-4,7,14H,1-2,5-6H2,(H,15,16). The lowest BCUT2D eigenvalue weighted by atomic mass is 9.78. The van der Waals surface area contributed by atoms with E-state index in [1.54, 1.807) is 18.2 Å². The second-order valence-electron chi connectivity index (χ2n) is 4.26. The number of benzene rings is 1. The summed E-state index contributed by atoms with van der Waals surface area (Å²) in [5.41, 5.74) is -0.342. The first kappa shape index (κ1) is 11.5. The third-order valence-corrected chi connectivity index (χ3v) is 3.84. The van der Waals surface area contributed by atoms with E-state index in [9.17, 15) is 15.0 Å². The predicted octanol–water partition coefficient (Wildman–Crippen LogP) is 3.05. The number of hydrogen-bond acceptors (Lipinski definition) is 2. The summed E-state index contributed by atoms with van der Waals surface area (Å²) in [4.78, 5) is 11.4. The Morgan fingerprint density at radius 3 is 2.44 bits per heavy atom. The number of phenols is 1. The largest absolute Gasteiger partial charge is 0.508 e. The molecule has 0 atom stereocenters. The fourth-order valence-electron chi connectivity index (χ4n) is 2.49. The van der Waals surface area contributed by atoms with Gasteiger partial charge in [-0.15, -0.1) is 0 Å². The molecule has 1 aromatic rings. The fourth-order valence-corrected chi connectivity index (χ4v) is 2.84. The molecule has 1 aliphatic rings. The van der Waals surface area contributed by atoms with Gasteiger partial charge in [-0.2, -0.15) is 0 Å². The van der Waals surface area contributed by atoms with Crippen molar-refractivity contribution in [2.75, 3.05) is 0 Å². The van der Waals surface area contributed by atoms with Crippen LogP contribution in [0.4, 0.5) is 0 Å². The molecule has 4 heteroatoms. The van der Waals surface area contributed by atoms with Gasteiger partial charge in [-0.25, -0.2) is 0 Å². The summed E-state index contributed by atoms with van der Waals surface area (Å²) in [6.45, 7) is 0. The van der Waals surface area contributed by atoms with Crippen LogP contribution in [0.5, 0.6) is 5.75 Å². The Bertz CT molecular complexity index is 422. The molecule has 0 aliphatic heterocycles. The van der Waals surface area contributed by atoms with Crippen LogP contribution in [-0.4, -0.2) is 16.2 Å². The number of carboxylic acid groups (broad SMARTS) is 1. The molecule has 0 radical (unpaired) electrons. The first-order chi connectivity index (χ1) is 7.56. The molecule has 1 fully saturated rings. The Morgan fingerprint density at radius 1 is 1.31 bits per heavy atom. The molecule has 2 rings (SSSR count). The molecular formula is C12H13BrO3. The van der Waals surface area contributed by atoms with Crippen molar-refractivity contribution in [1.29, 1.82) is 0 Å². The zero-order valence-corrected chi connectivity index (χ0v) is 10.3. The molecule has 1 saturated carbocycles. The Hall–Kier alpha value is -1.03. The number of aromatic hydroxyl groups is 1. The van der Waals surface area contributed by atoms with Crippen molar-refractivity contribution in [1.82, 2.24) is 0 Å². The van der Waals surface area contributed by atoms with Gasteiger partial charge in [0.1, 0.15) is 5.75 Å². The van der Waals surface area contributed by atoms with Crippen molar-refractivity contribution in [2.24, 2.45) is 0 Å². The third kappa shape index (κ3) is 1.71. The van der Waals surface area contributed by atoms with Crippen LogP contribution in [0.3, 0.4) is 0 Å². The van der Waals surface area contributed by atoms with Gasteiger partial charge in [-0.3, -0.25) is 4.79 Å². The number of carboxylic acids is 1. The van der Waals surface area contributed by atoms with Gasteiger partial charge in [0, 0.05) is 10.0 Å². The van der Waals surface area contributed by atoms with Crippen molar-refractivity contribution < 1.29 is 15.0 Å². The maximum Gasteiger partial charge on any atom is 0.314 e. The molecule has 0 aromatic heterocycles. The molecule has 0 heterocycles. The van der Waals surface area contributed by atoms with Gasteiger partial charge in [-0.05, 0) is 25.0 Å². The molecule has 1 aliphatic carbocycles. The molecule has 1 aromatic carbocycles. The third-order valence-electron chi connectivity index (χ3n) is 3.34. The van der Waals surface area contributed by atoms with Gasteiger partial charge in [0.2, 0.25) is 0 Å². The minimum absolute atomic E-state index is 0.0682. The monoisotopic (exact) mass is 284 g/mol. The summed E-state index contributed by atoms with van der Waals surface area (Å²) >= 11 is 3.25. The summed E-state index contributed by atoms with van der Waals surface area (Å²) in [7, 11) is 0. The van der Waals surface area contributed by atoms with Crippen LogP contribution in [-0.2, 0) is 10.2 Å². The van der Waals surface area contributed by atoms with Crippen molar-refractivity contribution in [3.8, 4) is 5.75 Å². The quantitative estimate of drug-likeness (QED) is 0.878. The molecule has 0 spiro atoms. The number of carbonyl (C=O) groups is 1. The maximum absolute atomic E-state index is 11.4. The van der Waals surface area contributed by atoms with E-state index in [-0.39, 0.29) is 5.75 Å². The Morgan fingerprint density at radius 2 is 1.94 bits per heavy atom. The molecule has 86 valence electrons. The number of rotatable bonds is 2. The first-order valence-corrected chi connectivity index (χ1v) is 6.08. The highest BCUT2D eigenvalue weighted by atomic mass is 79.9. The number of phenolic OH excluding ortho intramolecular Hbond substituents is 1. The van der Waals surface area contributed by atoms with Gasteiger partial charge < -0.3 is 10.2 Å². The van der Waals surface area contributed by atoms with E-state index in [0.29, 0.717) is 18.4 Å². The first-order valence-electron chi connectivity index (χ1n) is 5.29. The summed E-state index contributed by atoms with van der Waals surface area (Å²) < 4.78 is 0.757. The summed E-state index contributed by atoms with van der Waals surface area (Å²) in [5.74, 6) is -0.763. The van der Waals surface area contributed by atoms with Crippen LogP contribution in [0.2, 0.25) is 0 Å². The van der Waals surface area contributed by atoms with E-state index in [0.717, 1.165) is 17.3 Å². The van der Waals surface area contributed by atoms with Gasteiger partial charge in [0.15, 0.2) is 0 Å². The van der Waals surface area contributed by atoms with Crippen LogP contribution in [0.1, 0.15) is 31.2 Å². The lowest BCUT2D eigenvalue weighted by Gasteiger charge is -2.25. The van der Waals surface area contributed by atoms with E-state index >= 15 is 0 Å². The van der Waals surface area contributed by atoms with Gasteiger partial charge in [-0.1, -0.05) is 34.8 Å². The van der Waals surface area contributed by atoms with Gasteiger partial charge in [0.05, 0.1) is 5.41 Å². The lowest BCUT2D eigenvalue weighted by molar-refractivity contribution is -0.143. The second-order valence-corrected chi connectivity index (χ2v) is 5.17. The smallest absolute Gasteiger partial charge is 0.314 e. The topological polar surface area (TPSA) is 57.5 Å². The van der Waals surface area contributed by atoms with Crippen LogP contribution in [0.15, 0.2) is 22.7 Å². The molecule has 0 amide bonds. The summed E-state index contributed by atoms with van der Waals surface area (Å²) in [6, 6.07) is 5.04. The predicted molar refractivity (Wildman–Crippen MR) is 63.6 cm³/mol. The molecule has 0 saturated heterocycles. The SMILES string of the molecule is O=C(O)C1(c2ccc(Br)cc2O)CCCC1. The van der Waals surface area contributed by atoms with E-state index in [1.807, 2.05) is 0 Å². The highest BCUT2D eigenvalue weighted by molar-refractivity contribution is 9.10. The van der Waals surface area contributed by atoms with Crippen molar-refractivity contribution >= 4 is 21.9 Å². The lowest BCUT2D eigenvalue weighted by Crippen LogP contribution is -2.32. The van der Waals surface area contributed by atoms with Crippen molar-refractivity contribution in [2.45, 2.75) is 31.1 Å². The molecule has 16 heavy (non-hydrogen) atoms. The average molecular weight is 285 g/mol. The summed E-state index contributed by atoms with van der Waals surface area (Å²) in [5, 5.41) is 19.3. The number of hydrogen-bond donors (Lipinski definition) is 2. The number of aliphatic carboxylic acids is 1. The fraction of sp³-hybridized carbons (Fsp3) is 0.417. The van der Waals surface area contributed by atoms with Crippen LogP contribution >= 0.6 is 15.9 Å². The Labute approximate surface area is 102 Å². The normalized spacial score (nSPS) is 18.6. The van der Waals surface area contributed by atoms with E-state index in [2.05, 4.69) is 15.9 Å². The molecule has 3 nitrogen and oxygen atoms in total. The van der Waals surface area contributed by atoms with Crippen LogP contribution in [0.25, 0.3) is 0 Å². The van der Waals surface area contributed by atoms with Crippen molar-refractivity contribution in [3.05, 3.63) is 28.2 Å². The molecule has 0 unspecified atom stereocenters. The minimum atomic E-state index is -0.884. The minimum Gasteiger partial charge on any atom is -0.508 e. The van der Waals surface area contributed by atoms with Gasteiger partial charge in [0.25, 0.3) is 0 Å². The van der Waals surface area contributed by atoms with Crippen LogP contribution in [0, 0.1) is 0 Å². The second kappa shape index (κ2) is 4.09. The number of halogens is 1. The Balaban J connectivity index is 2.51. The zero-order chi connectivity index (χ0) is 11.8. The average Bonchev–Trinajstić information content (AvgIpc) is 2.67.